The van der Waals surface area contributed by atoms with Crippen LogP contribution in [0.1, 0.15) is 12.0 Å². The zero-order valence-corrected chi connectivity index (χ0v) is 12.2. The Morgan fingerprint density at radius 2 is 1.85 bits per heavy atom. The first kappa shape index (κ1) is 14.5. The van der Waals surface area contributed by atoms with E-state index in [0.717, 1.165) is 11.3 Å². The van der Waals surface area contributed by atoms with E-state index in [9.17, 15) is 9.59 Å². The summed E-state index contributed by atoms with van der Waals surface area (Å²) in [6.45, 7) is 2.64. The van der Waals surface area contributed by atoms with Gasteiger partial charge in [0, 0.05) is 18.7 Å². The molecule has 20 heavy (non-hydrogen) atoms. The van der Waals surface area contributed by atoms with Crippen molar-refractivity contribution in [3.8, 4) is 0 Å². The smallest absolute Gasteiger partial charge is 0.248 e. The zero-order valence-electron chi connectivity index (χ0n) is 11.3. The maximum absolute atomic E-state index is 12.1. The molecule has 0 bridgehead atoms. The number of benzene rings is 1. The molecule has 1 aliphatic heterocycles. The van der Waals surface area contributed by atoms with Gasteiger partial charge in [-0.2, -0.15) is 0 Å². The normalized spacial score (nSPS) is 15.7. The van der Waals surface area contributed by atoms with Gasteiger partial charge in [0.05, 0.1) is 18.1 Å². The van der Waals surface area contributed by atoms with Gasteiger partial charge in [-0.1, -0.05) is 30.4 Å². The first-order valence-electron chi connectivity index (χ1n) is 6.41. The number of thiocarbonyl (C=S) groups is 1. The Morgan fingerprint density at radius 1 is 1.25 bits per heavy atom. The monoisotopic (exact) mass is 291 g/mol. The molecule has 6 heteroatoms. The molecule has 2 N–H and O–H groups in total. The first-order chi connectivity index (χ1) is 9.49. The van der Waals surface area contributed by atoms with Crippen molar-refractivity contribution in [1.82, 2.24) is 4.90 Å². The standard InChI is InChI=1S/C14H17N3O2S/c1-10-4-2-3-5-11(10)16-8-13(18)17(14(19)9-16)7-6-12(15)20/h2-5H,6-9H2,1H3,(H2,15,20). The van der Waals surface area contributed by atoms with Crippen LogP contribution in [0.4, 0.5) is 5.69 Å². The van der Waals surface area contributed by atoms with Gasteiger partial charge in [0.25, 0.3) is 0 Å². The van der Waals surface area contributed by atoms with Crippen LogP contribution >= 0.6 is 12.2 Å². The lowest BCUT2D eigenvalue weighted by Gasteiger charge is -2.34. The summed E-state index contributed by atoms with van der Waals surface area (Å²) in [6.07, 6.45) is 0.372. The fraction of sp³-hybridized carbons (Fsp3) is 0.357. The maximum atomic E-state index is 12.1. The van der Waals surface area contributed by atoms with E-state index in [1.165, 1.54) is 4.90 Å². The number of piperazine rings is 1. The molecule has 5 nitrogen and oxygen atoms in total. The number of para-hydroxylation sites is 1. The van der Waals surface area contributed by atoms with Gasteiger partial charge in [0.2, 0.25) is 11.8 Å². The van der Waals surface area contributed by atoms with E-state index in [2.05, 4.69) is 0 Å². The summed E-state index contributed by atoms with van der Waals surface area (Å²) in [5.41, 5.74) is 7.38. The van der Waals surface area contributed by atoms with Gasteiger partial charge in [-0.3, -0.25) is 14.5 Å². The van der Waals surface area contributed by atoms with Crippen molar-refractivity contribution < 1.29 is 9.59 Å². The Hall–Kier alpha value is -1.95. The molecule has 0 aromatic heterocycles. The minimum absolute atomic E-state index is 0.202. The highest BCUT2D eigenvalue weighted by molar-refractivity contribution is 7.80. The molecule has 2 amide bonds. The van der Waals surface area contributed by atoms with E-state index in [-0.39, 0.29) is 31.4 Å². The molecule has 0 atom stereocenters. The lowest BCUT2D eigenvalue weighted by Crippen LogP contribution is -2.54. The van der Waals surface area contributed by atoms with Crippen molar-refractivity contribution in [3.63, 3.8) is 0 Å². The molecule has 0 unspecified atom stereocenters. The molecule has 0 aliphatic carbocycles. The summed E-state index contributed by atoms with van der Waals surface area (Å²) in [7, 11) is 0. The van der Waals surface area contributed by atoms with E-state index in [0.29, 0.717) is 11.4 Å². The third-order valence-corrected chi connectivity index (χ3v) is 3.50. The number of nitrogens with two attached hydrogens (primary N) is 1. The molecule has 1 aromatic carbocycles. The molecule has 0 spiro atoms. The van der Waals surface area contributed by atoms with Crippen LogP contribution in [-0.4, -0.2) is 41.3 Å². The Balaban J connectivity index is 2.10. The number of carbonyl (C=O) groups is 2. The average Bonchev–Trinajstić information content (AvgIpc) is 2.37. The van der Waals surface area contributed by atoms with Crippen molar-refractivity contribution in [1.29, 1.82) is 0 Å². The summed E-state index contributed by atoms with van der Waals surface area (Å²) in [6, 6.07) is 7.71. The number of hydrogen-bond donors (Lipinski definition) is 1. The third kappa shape index (κ3) is 3.14. The highest BCUT2D eigenvalue weighted by Gasteiger charge is 2.31. The number of aryl methyl sites for hydroxylation is 1. The van der Waals surface area contributed by atoms with Crippen LogP contribution in [0.15, 0.2) is 24.3 Å². The van der Waals surface area contributed by atoms with E-state index in [1.807, 2.05) is 31.2 Å². The van der Waals surface area contributed by atoms with Crippen molar-refractivity contribution >= 4 is 34.7 Å². The fourth-order valence-electron chi connectivity index (χ4n) is 2.25. The number of imide groups is 1. The highest BCUT2D eigenvalue weighted by Crippen LogP contribution is 2.21. The zero-order chi connectivity index (χ0) is 14.7. The number of amides is 2. The summed E-state index contributed by atoms with van der Waals surface area (Å²) >= 11 is 4.78. The van der Waals surface area contributed by atoms with E-state index in [1.54, 1.807) is 4.90 Å². The van der Waals surface area contributed by atoms with Crippen LogP contribution in [0.25, 0.3) is 0 Å². The minimum Gasteiger partial charge on any atom is -0.393 e. The second-order valence-corrected chi connectivity index (χ2v) is 5.32. The largest absolute Gasteiger partial charge is 0.393 e. The van der Waals surface area contributed by atoms with Gasteiger partial charge < -0.3 is 10.6 Å². The summed E-state index contributed by atoms with van der Waals surface area (Å²) < 4.78 is 0. The van der Waals surface area contributed by atoms with Gasteiger partial charge in [-0.25, -0.2) is 0 Å². The minimum atomic E-state index is -0.208. The van der Waals surface area contributed by atoms with Gasteiger partial charge >= 0.3 is 0 Å². The van der Waals surface area contributed by atoms with E-state index < -0.39 is 0 Å². The average molecular weight is 291 g/mol. The summed E-state index contributed by atoms with van der Waals surface area (Å²) in [5, 5.41) is 0. The van der Waals surface area contributed by atoms with Crippen LogP contribution in [-0.2, 0) is 9.59 Å². The molecular formula is C14H17N3O2S. The van der Waals surface area contributed by atoms with E-state index >= 15 is 0 Å². The molecule has 1 heterocycles. The predicted molar refractivity (Wildman–Crippen MR) is 81.5 cm³/mol. The van der Waals surface area contributed by atoms with Gasteiger partial charge in [0.1, 0.15) is 0 Å². The molecule has 1 saturated heterocycles. The molecular weight excluding hydrogens is 274 g/mol. The van der Waals surface area contributed by atoms with Gasteiger partial charge in [-0.05, 0) is 18.6 Å². The van der Waals surface area contributed by atoms with Gasteiger partial charge in [0.15, 0.2) is 0 Å². The topological polar surface area (TPSA) is 66.6 Å². The van der Waals surface area contributed by atoms with Crippen molar-refractivity contribution in [3.05, 3.63) is 29.8 Å². The van der Waals surface area contributed by atoms with Gasteiger partial charge in [-0.15, -0.1) is 0 Å². The summed E-state index contributed by atoms with van der Waals surface area (Å²) in [5.74, 6) is -0.415. The Morgan fingerprint density at radius 3 is 2.40 bits per heavy atom. The lowest BCUT2D eigenvalue weighted by atomic mass is 10.1. The van der Waals surface area contributed by atoms with Crippen LogP contribution in [0, 0.1) is 6.92 Å². The highest BCUT2D eigenvalue weighted by atomic mass is 32.1. The molecule has 1 fully saturated rings. The number of anilines is 1. The van der Waals surface area contributed by atoms with Crippen molar-refractivity contribution in [2.75, 3.05) is 24.5 Å². The van der Waals surface area contributed by atoms with Crippen LogP contribution in [0.5, 0.6) is 0 Å². The van der Waals surface area contributed by atoms with E-state index in [4.69, 9.17) is 18.0 Å². The molecule has 2 rings (SSSR count). The van der Waals surface area contributed by atoms with Crippen LogP contribution in [0.2, 0.25) is 0 Å². The Labute approximate surface area is 123 Å². The summed E-state index contributed by atoms with van der Waals surface area (Å²) in [4.78, 5) is 27.5. The Bertz CT molecular complexity index is 541. The second kappa shape index (κ2) is 6.00. The third-order valence-electron chi connectivity index (χ3n) is 3.29. The quantitative estimate of drug-likeness (QED) is 0.658. The Kier molecular flexibility index (Phi) is 4.34. The van der Waals surface area contributed by atoms with Crippen LogP contribution < -0.4 is 10.6 Å². The maximum Gasteiger partial charge on any atom is 0.248 e. The molecule has 106 valence electrons. The predicted octanol–water partition coefficient (Wildman–Crippen LogP) is 0.846. The number of hydrogen-bond acceptors (Lipinski definition) is 4. The fourth-order valence-corrected chi connectivity index (χ4v) is 2.34. The van der Waals surface area contributed by atoms with Crippen molar-refractivity contribution in [2.24, 2.45) is 5.73 Å². The van der Waals surface area contributed by atoms with Crippen molar-refractivity contribution in [2.45, 2.75) is 13.3 Å². The SMILES string of the molecule is Cc1ccccc1N1CC(=O)N(CCC(N)=S)C(=O)C1. The molecule has 0 radical (unpaired) electrons. The molecule has 1 aromatic rings. The second-order valence-electron chi connectivity index (χ2n) is 4.80. The first-order valence-corrected chi connectivity index (χ1v) is 6.82. The number of rotatable bonds is 4. The lowest BCUT2D eigenvalue weighted by molar-refractivity contribution is -0.145. The molecule has 0 saturated carbocycles. The molecule has 1 aliphatic rings. The number of nitrogens with zero attached hydrogens (tertiary/aromatic N) is 2. The van der Waals surface area contributed by atoms with Crippen LogP contribution in [0.3, 0.4) is 0 Å². The number of carbonyl (C=O) groups excluding carboxylic acids is 2.